The molecular weight excluding hydrogens is 213 g/mol. The number of carbonyl (C=O) groups excluding carboxylic acids is 1. The predicted octanol–water partition coefficient (Wildman–Crippen LogP) is 0.786. The maximum atomic E-state index is 12.8. The number of halogens is 1. The molecule has 4 N–H and O–H groups in total. The average molecular weight is 221 g/mol. The van der Waals surface area contributed by atoms with Crippen LogP contribution in [0.3, 0.4) is 0 Å². The Morgan fingerprint density at radius 1 is 1.56 bits per heavy atom. The Labute approximate surface area is 89.7 Å². The third kappa shape index (κ3) is 1.97. The molecule has 0 fully saturated rings. The van der Waals surface area contributed by atoms with Crippen LogP contribution in [-0.4, -0.2) is 21.1 Å². The molecule has 2 rings (SSSR count). The molecule has 0 bridgehead atoms. The van der Waals surface area contributed by atoms with Gasteiger partial charge in [0, 0.05) is 18.0 Å². The van der Waals surface area contributed by atoms with Crippen molar-refractivity contribution in [1.82, 2.24) is 15.2 Å². The van der Waals surface area contributed by atoms with Crippen molar-refractivity contribution in [3.63, 3.8) is 0 Å². The van der Waals surface area contributed by atoms with E-state index in [-0.39, 0.29) is 5.56 Å². The summed E-state index contributed by atoms with van der Waals surface area (Å²) in [7, 11) is 0. The van der Waals surface area contributed by atoms with E-state index < -0.39 is 11.9 Å². The summed E-state index contributed by atoms with van der Waals surface area (Å²) in [6.07, 6.45) is 2.60. The van der Waals surface area contributed by atoms with Gasteiger partial charge in [-0.25, -0.2) is 4.98 Å². The van der Waals surface area contributed by atoms with E-state index in [1.165, 1.54) is 18.5 Å². The fourth-order valence-corrected chi connectivity index (χ4v) is 1.19. The Bertz CT molecular complexity index is 524. The third-order valence-corrected chi connectivity index (χ3v) is 1.90. The number of nitrogens with two attached hydrogens (primary N) is 1. The van der Waals surface area contributed by atoms with Gasteiger partial charge < -0.3 is 11.1 Å². The quantitative estimate of drug-likeness (QED) is 0.667. The molecule has 16 heavy (non-hydrogen) atoms. The number of aromatic nitrogens is 3. The van der Waals surface area contributed by atoms with Crippen LogP contribution < -0.4 is 11.1 Å². The monoisotopic (exact) mass is 221 g/mol. The van der Waals surface area contributed by atoms with Gasteiger partial charge >= 0.3 is 0 Å². The van der Waals surface area contributed by atoms with Crippen molar-refractivity contribution in [2.24, 2.45) is 5.73 Å². The molecule has 6 nitrogen and oxygen atoms in total. The van der Waals surface area contributed by atoms with E-state index in [9.17, 15) is 9.18 Å². The van der Waals surface area contributed by atoms with Gasteiger partial charge in [0.05, 0.1) is 6.20 Å². The normalized spacial score (nSPS) is 10.1. The minimum atomic E-state index is -0.620. The molecule has 7 heteroatoms. The van der Waals surface area contributed by atoms with Gasteiger partial charge in [0.25, 0.3) is 5.91 Å². The summed E-state index contributed by atoms with van der Waals surface area (Å²) in [6.45, 7) is 0. The van der Waals surface area contributed by atoms with Crippen LogP contribution in [0.5, 0.6) is 0 Å². The molecule has 2 aromatic rings. The second-order valence-electron chi connectivity index (χ2n) is 3.02. The number of amides is 1. The van der Waals surface area contributed by atoms with Crippen LogP contribution >= 0.6 is 0 Å². The Morgan fingerprint density at radius 3 is 3.06 bits per heavy atom. The fourth-order valence-electron chi connectivity index (χ4n) is 1.19. The van der Waals surface area contributed by atoms with Crippen molar-refractivity contribution < 1.29 is 9.18 Å². The van der Waals surface area contributed by atoms with Gasteiger partial charge in [0.1, 0.15) is 11.4 Å². The molecule has 2 heterocycles. The van der Waals surface area contributed by atoms with E-state index in [0.717, 1.165) is 0 Å². The summed E-state index contributed by atoms with van der Waals surface area (Å²) in [5, 5.41) is 8.99. The molecule has 0 aliphatic carbocycles. The molecule has 0 radical (unpaired) electrons. The lowest BCUT2D eigenvalue weighted by molar-refractivity contribution is 0.100. The molecule has 2 aromatic heterocycles. The topological polar surface area (TPSA) is 96.7 Å². The standard InChI is InChI=1S/C9H8FN5O/c10-7-3-5(1-2-12-7)14-9-6(8(11)16)4-13-15-9/h1-4H,(H2,11,16)(H2,12,13,14,15). The van der Waals surface area contributed by atoms with Gasteiger partial charge in [-0.1, -0.05) is 0 Å². The molecular formula is C9H8FN5O. The average Bonchev–Trinajstić information content (AvgIpc) is 2.66. The zero-order valence-corrected chi connectivity index (χ0v) is 8.07. The lowest BCUT2D eigenvalue weighted by Gasteiger charge is -2.04. The number of carbonyl (C=O) groups is 1. The molecule has 0 aliphatic rings. The van der Waals surface area contributed by atoms with E-state index in [1.807, 2.05) is 0 Å². The Balaban J connectivity index is 2.27. The first-order chi connectivity index (χ1) is 7.66. The van der Waals surface area contributed by atoms with E-state index in [0.29, 0.717) is 11.5 Å². The Hall–Kier alpha value is -2.44. The Kier molecular flexibility index (Phi) is 2.50. The molecule has 1 amide bonds. The van der Waals surface area contributed by atoms with Crippen LogP contribution in [0, 0.1) is 5.95 Å². The van der Waals surface area contributed by atoms with Gasteiger partial charge in [-0.15, -0.1) is 0 Å². The van der Waals surface area contributed by atoms with Gasteiger partial charge in [-0.05, 0) is 6.07 Å². The van der Waals surface area contributed by atoms with Gasteiger partial charge in [0.2, 0.25) is 5.95 Å². The first-order valence-electron chi connectivity index (χ1n) is 4.38. The molecule has 0 unspecified atom stereocenters. The first-order valence-corrected chi connectivity index (χ1v) is 4.38. The third-order valence-electron chi connectivity index (χ3n) is 1.90. The molecule has 0 atom stereocenters. The van der Waals surface area contributed by atoms with Crippen molar-refractivity contribution in [2.75, 3.05) is 5.32 Å². The number of H-pyrrole nitrogens is 1. The minimum absolute atomic E-state index is 0.206. The molecule has 0 aliphatic heterocycles. The summed E-state index contributed by atoms with van der Waals surface area (Å²) >= 11 is 0. The van der Waals surface area contributed by atoms with E-state index >= 15 is 0 Å². The number of nitrogens with one attached hydrogen (secondary N) is 2. The van der Waals surface area contributed by atoms with Gasteiger partial charge in [-0.3, -0.25) is 9.89 Å². The van der Waals surface area contributed by atoms with Crippen molar-refractivity contribution in [1.29, 1.82) is 0 Å². The molecule has 0 saturated carbocycles. The van der Waals surface area contributed by atoms with Gasteiger partial charge in [-0.2, -0.15) is 9.49 Å². The minimum Gasteiger partial charge on any atom is -0.365 e. The van der Waals surface area contributed by atoms with E-state index in [4.69, 9.17) is 5.73 Å². The number of anilines is 2. The number of primary amides is 1. The van der Waals surface area contributed by atoms with E-state index in [2.05, 4.69) is 20.5 Å². The first kappa shape index (κ1) is 10.1. The predicted molar refractivity (Wildman–Crippen MR) is 54.6 cm³/mol. The number of rotatable bonds is 3. The second-order valence-corrected chi connectivity index (χ2v) is 3.02. The van der Waals surface area contributed by atoms with Crippen LogP contribution in [-0.2, 0) is 0 Å². The molecule has 0 saturated heterocycles. The zero-order valence-electron chi connectivity index (χ0n) is 8.07. The number of aromatic amines is 1. The highest BCUT2D eigenvalue weighted by Gasteiger charge is 2.10. The molecule has 0 spiro atoms. The SMILES string of the molecule is NC(=O)c1cn[nH]c1Nc1ccnc(F)c1. The maximum absolute atomic E-state index is 12.8. The van der Waals surface area contributed by atoms with E-state index in [1.54, 1.807) is 6.07 Å². The van der Waals surface area contributed by atoms with Gasteiger partial charge in [0.15, 0.2) is 0 Å². The van der Waals surface area contributed by atoms with Crippen molar-refractivity contribution >= 4 is 17.4 Å². The number of hydrogen-bond acceptors (Lipinski definition) is 4. The largest absolute Gasteiger partial charge is 0.365 e. The zero-order chi connectivity index (χ0) is 11.5. The summed E-state index contributed by atoms with van der Waals surface area (Å²) in [4.78, 5) is 14.4. The summed E-state index contributed by atoms with van der Waals surface area (Å²) in [6, 6.07) is 2.74. The van der Waals surface area contributed by atoms with Crippen LogP contribution in [0.25, 0.3) is 0 Å². The van der Waals surface area contributed by atoms with Crippen LogP contribution in [0.2, 0.25) is 0 Å². The smallest absolute Gasteiger partial charge is 0.254 e. The highest BCUT2D eigenvalue weighted by molar-refractivity contribution is 5.97. The maximum Gasteiger partial charge on any atom is 0.254 e. The number of pyridine rings is 1. The Morgan fingerprint density at radius 2 is 2.38 bits per heavy atom. The van der Waals surface area contributed by atoms with Crippen LogP contribution in [0.4, 0.5) is 15.9 Å². The molecule has 0 aromatic carbocycles. The van der Waals surface area contributed by atoms with Crippen LogP contribution in [0.1, 0.15) is 10.4 Å². The summed E-state index contributed by atoms with van der Waals surface area (Å²) < 4.78 is 12.8. The molecule has 82 valence electrons. The van der Waals surface area contributed by atoms with Crippen LogP contribution in [0.15, 0.2) is 24.5 Å². The fraction of sp³-hybridized carbons (Fsp3) is 0. The van der Waals surface area contributed by atoms with Crippen molar-refractivity contribution in [2.45, 2.75) is 0 Å². The lowest BCUT2D eigenvalue weighted by Crippen LogP contribution is -2.12. The summed E-state index contributed by atoms with van der Waals surface area (Å²) in [5.74, 6) is -0.922. The number of nitrogens with zero attached hydrogens (tertiary/aromatic N) is 2. The summed E-state index contributed by atoms with van der Waals surface area (Å²) in [5.41, 5.74) is 5.77. The lowest BCUT2D eigenvalue weighted by atomic mass is 10.3. The van der Waals surface area contributed by atoms with Crippen molar-refractivity contribution in [3.8, 4) is 0 Å². The number of hydrogen-bond donors (Lipinski definition) is 3. The highest BCUT2D eigenvalue weighted by Crippen LogP contribution is 2.17. The highest BCUT2D eigenvalue weighted by atomic mass is 19.1. The van der Waals surface area contributed by atoms with Crippen molar-refractivity contribution in [3.05, 3.63) is 36.0 Å². The second kappa shape index (κ2) is 3.97.